The Hall–Kier alpha value is -1.43. The topological polar surface area (TPSA) is 70.1 Å². The molecule has 5 nitrogen and oxygen atoms in total. The summed E-state index contributed by atoms with van der Waals surface area (Å²) in [6.45, 7) is 0.472. The van der Waals surface area contributed by atoms with E-state index < -0.39 is 0 Å². The first-order chi connectivity index (χ1) is 7.81. The molecule has 0 saturated carbocycles. The van der Waals surface area contributed by atoms with E-state index in [4.69, 9.17) is 16.7 Å². The summed E-state index contributed by atoms with van der Waals surface area (Å²) in [5, 5.41) is 9.71. The number of hydrogen-bond acceptors (Lipinski definition) is 5. The lowest BCUT2D eigenvalue weighted by Gasteiger charge is -2.09. The number of benzene rings is 1. The van der Waals surface area contributed by atoms with E-state index in [9.17, 15) is 0 Å². The standard InChI is InChI=1S/C10H11ClN4O/c11-10-13-8-4-2-1-3-7(8)9(14-10)15-12-5-6-16/h1-4,12,16H,5-6H2,(H,13,14,15). The van der Waals surface area contributed by atoms with Gasteiger partial charge in [0.05, 0.1) is 12.1 Å². The molecule has 0 saturated heterocycles. The van der Waals surface area contributed by atoms with Gasteiger partial charge in [-0.05, 0) is 23.7 Å². The molecule has 3 N–H and O–H groups in total. The quantitative estimate of drug-likeness (QED) is 0.424. The average Bonchev–Trinajstić information content (AvgIpc) is 2.29. The number of para-hydroxylation sites is 1. The number of halogens is 1. The molecule has 1 aromatic heterocycles. The van der Waals surface area contributed by atoms with Crippen molar-refractivity contribution in [3.8, 4) is 0 Å². The van der Waals surface area contributed by atoms with Crippen LogP contribution >= 0.6 is 11.6 Å². The number of nitrogens with zero attached hydrogens (tertiary/aromatic N) is 2. The molecule has 0 atom stereocenters. The summed E-state index contributed by atoms with van der Waals surface area (Å²) in [6, 6.07) is 7.54. The van der Waals surface area contributed by atoms with Gasteiger partial charge in [0.25, 0.3) is 0 Å². The number of hydrazine groups is 1. The average molecular weight is 239 g/mol. The molecule has 1 aromatic carbocycles. The molecule has 0 bridgehead atoms. The van der Waals surface area contributed by atoms with E-state index in [1.54, 1.807) is 0 Å². The summed E-state index contributed by atoms with van der Waals surface area (Å²) in [4.78, 5) is 8.17. The van der Waals surface area contributed by atoms with Crippen LogP contribution in [0.3, 0.4) is 0 Å². The van der Waals surface area contributed by atoms with Gasteiger partial charge in [-0.3, -0.25) is 0 Å². The number of aliphatic hydroxyl groups is 1. The molecule has 16 heavy (non-hydrogen) atoms. The minimum atomic E-state index is 0.0454. The highest BCUT2D eigenvalue weighted by molar-refractivity contribution is 6.28. The van der Waals surface area contributed by atoms with Crippen molar-refractivity contribution in [3.63, 3.8) is 0 Å². The van der Waals surface area contributed by atoms with Crippen LogP contribution in [0.5, 0.6) is 0 Å². The van der Waals surface area contributed by atoms with Crippen molar-refractivity contribution in [2.24, 2.45) is 0 Å². The number of anilines is 1. The third-order valence-electron chi connectivity index (χ3n) is 2.02. The number of nitrogens with one attached hydrogen (secondary N) is 2. The van der Waals surface area contributed by atoms with Crippen LogP contribution in [0.1, 0.15) is 0 Å². The van der Waals surface area contributed by atoms with Gasteiger partial charge in [-0.1, -0.05) is 12.1 Å². The van der Waals surface area contributed by atoms with Gasteiger partial charge >= 0.3 is 0 Å². The Balaban J connectivity index is 2.34. The van der Waals surface area contributed by atoms with Crippen molar-refractivity contribution < 1.29 is 5.11 Å². The van der Waals surface area contributed by atoms with Crippen LogP contribution in [-0.2, 0) is 0 Å². The summed E-state index contributed by atoms with van der Waals surface area (Å²) in [5.74, 6) is 0.601. The first kappa shape index (κ1) is 11.1. The molecular formula is C10H11ClN4O. The lowest BCUT2D eigenvalue weighted by atomic mass is 10.2. The van der Waals surface area contributed by atoms with Gasteiger partial charge < -0.3 is 10.5 Å². The van der Waals surface area contributed by atoms with Crippen LogP contribution < -0.4 is 10.9 Å². The molecule has 2 rings (SSSR count). The first-order valence-electron chi connectivity index (χ1n) is 4.83. The van der Waals surface area contributed by atoms with Gasteiger partial charge in [-0.2, -0.15) is 4.98 Å². The lowest BCUT2D eigenvalue weighted by molar-refractivity contribution is 0.296. The molecule has 0 unspecified atom stereocenters. The first-order valence-corrected chi connectivity index (χ1v) is 5.21. The maximum Gasteiger partial charge on any atom is 0.224 e. The summed E-state index contributed by atoms with van der Waals surface area (Å²) in [6.07, 6.45) is 0. The fourth-order valence-corrected chi connectivity index (χ4v) is 1.52. The number of fused-ring (bicyclic) bond motifs is 1. The second-order valence-electron chi connectivity index (χ2n) is 3.13. The van der Waals surface area contributed by atoms with E-state index in [1.807, 2.05) is 24.3 Å². The monoisotopic (exact) mass is 238 g/mol. The fourth-order valence-electron chi connectivity index (χ4n) is 1.35. The Morgan fingerprint density at radius 2 is 2.06 bits per heavy atom. The van der Waals surface area contributed by atoms with Crippen molar-refractivity contribution in [1.29, 1.82) is 0 Å². The molecule has 0 spiro atoms. The number of hydrogen-bond donors (Lipinski definition) is 3. The predicted octanol–water partition coefficient (Wildman–Crippen LogP) is 1.19. The molecule has 84 valence electrons. The Morgan fingerprint density at radius 3 is 2.88 bits per heavy atom. The van der Waals surface area contributed by atoms with Crippen LogP contribution in [0.2, 0.25) is 5.28 Å². The highest BCUT2D eigenvalue weighted by Crippen LogP contribution is 2.20. The zero-order valence-electron chi connectivity index (χ0n) is 8.44. The van der Waals surface area contributed by atoms with Gasteiger partial charge in [0.1, 0.15) is 0 Å². The van der Waals surface area contributed by atoms with Gasteiger partial charge in [-0.15, -0.1) is 0 Å². The minimum Gasteiger partial charge on any atom is -0.395 e. The number of rotatable bonds is 4. The smallest absolute Gasteiger partial charge is 0.224 e. The van der Waals surface area contributed by atoms with Crippen LogP contribution in [0, 0.1) is 0 Å². The van der Waals surface area contributed by atoms with Crippen molar-refractivity contribution >= 4 is 28.3 Å². The third kappa shape index (κ3) is 2.38. The summed E-state index contributed by atoms with van der Waals surface area (Å²) in [5.41, 5.74) is 6.48. The molecule has 6 heteroatoms. The molecule has 0 amide bonds. The van der Waals surface area contributed by atoms with Crippen molar-refractivity contribution in [2.45, 2.75) is 0 Å². The number of aliphatic hydroxyl groups excluding tert-OH is 1. The molecule has 0 fully saturated rings. The zero-order chi connectivity index (χ0) is 11.4. The van der Waals surface area contributed by atoms with Crippen LogP contribution in [0.4, 0.5) is 5.82 Å². The van der Waals surface area contributed by atoms with Crippen LogP contribution in [0.15, 0.2) is 24.3 Å². The lowest BCUT2D eigenvalue weighted by Crippen LogP contribution is -2.25. The van der Waals surface area contributed by atoms with Crippen LogP contribution in [0.25, 0.3) is 10.9 Å². The molecule has 0 aliphatic heterocycles. The Kier molecular flexibility index (Phi) is 3.51. The molecule has 2 aromatic rings. The van der Waals surface area contributed by atoms with E-state index in [2.05, 4.69) is 20.8 Å². The maximum absolute atomic E-state index is 8.65. The summed E-state index contributed by atoms with van der Waals surface area (Å²) >= 11 is 5.80. The van der Waals surface area contributed by atoms with E-state index in [-0.39, 0.29) is 11.9 Å². The highest BCUT2D eigenvalue weighted by atomic mass is 35.5. The normalized spacial score (nSPS) is 10.6. The minimum absolute atomic E-state index is 0.0454. The molecule has 1 heterocycles. The van der Waals surface area contributed by atoms with E-state index >= 15 is 0 Å². The van der Waals surface area contributed by atoms with Crippen molar-refractivity contribution in [2.75, 3.05) is 18.6 Å². The van der Waals surface area contributed by atoms with Crippen LogP contribution in [-0.4, -0.2) is 28.2 Å². The largest absolute Gasteiger partial charge is 0.395 e. The molecular weight excluding hydrogens is 228 g/mol. The van der Waals surface area contributed by atoms with Gasteiger partial charge in [0.15, 0.2) is 5.82 Å². The second kappa shape index (κ2) is 5.07. The zero-order valence-corrected chi connectivity index (χ0v) is 9.20. The van der Waals surface area contributed by atoms with Crippen molar-refractivity contribution in [1.82, 2.24) is 15.4 Å². The van der Waals surface area contributed by atoms with Gasteiger partial charge in [-0.25, -0.2) is 10.4 Å². The summed E-state index contributed by atoms with van der Waals surface area (Å²) in [7, 11) is 0. The van der Waals surface area contributed by atoms with E-state index in [0.29, 0.717) is 12.4 Å². The number of aromatic nitrogens is 2. The Morgan fingerprint density at radius 1 is 1.25 bits per heavy atom. The molecule has 0 radical (unpaired) electrons. The molecule has 0 aliphatic rings. The van der Waals surface area contributed by atoms with E-state index in [0.717, 1.165) is 10.9 Å². The van der Waals surface area contributed by atoms with Crippen molar-refractivity contribution in [3.05, 3.63) is 29.5 Å². The predicted molar refractivity (Wildman–Crippen MR) is 63.3 cm³/mol. The Bertz CT molecular complexity index is 491. The summed E-state index contributed by atoms with van der Waals surface area (Å²) < 4.78 is 0. The Labute approximate surface area is 97.4 Å². The fraction of sp³-hybridized carbons (Fsp3) is 0.200. The van der Waals surface area contributed by atoms with E-state index in [1.165, 1.54) is 0 Å². The van der Waals surface area contributed by atoms with Gasteiger partial charge in [0, 0.05) is 11.9 Å². The molecule has 0 aliphatic carbocycles. The second-order valence-corrected chi connectivity index (χ2v) is 3.47. The highest BCUT2D eigenvalue weighted by Gasteiger charge is 2.04. The maximum atomic E-state index is 8.65. The SMILES string of the molecule is OCCNNc1nc(Cl)nc2ccccc12. The third-order valence-corrected chi connectivity index (χ3v) is 2.19. The van der Waals surface area contributed by atoms with Gasteiger partial charge in [0.2, 0.25) is 5.28 Å².